The molecule has 5 rings (SSSR count). The van der Waals surface area contributed by atoms with Crippen molar-refractivity contribution in [2.75, 3.05) is 0 Å². The van der Waals surface area contributed by atoms with Crippen LogP contribution in [0.3, 0.4) is 0 Å². The molecule has 14 heteroatoms. The van der Waals surface area contributed by atoms with Crippen LogP contribution in [0.1, 0.15) is 84.6 Å². The molecule has 0 radical (unpaired) electrons. The van der Waals surface area contributed by atoms with Crippen LogP contribution >= 0.6 is 0 Å². The molecule has 47 heavy (non-hydrogen) atoms. The lowest BCUT2D eigenvalue weighted by Crippen LogP contribution is -2.35. The van der Waals surface area contributed by atoms with Crippen LogP contribution in [0, 0.1) is 23.7 Å². The number of rotatable bonds is 8. The normalized spacial score (nSPS) is 24.8. The summed E-state index contributed by atoms with van der Waals surface area (Å²) < 4.78 is 18.0. The number of benzene rings is 1. The van der Waals surface area contributed by atoms with Crippen molar-refractivity contribution in [3.05, 3.63) is 35.9 Å². The highest BCUT2D eigenvalue weighted by Crippen LogP contribution is 2.38. The molecule has 1 aromatic rings. The van der Waals surface area contributed by atoms with E-state index >= 15 is 0 Å². The van der Waals surface area contributed by atoms with Crippen LogP contribution in [0.4, 0.5) is 0 Å². The molecule has 2 N–H and O–H groups in total. The Hall–Kier alpha value is -4.62. The minimum absolute atomic E-state index is 0. The van der Waals surface area contributed by atoms with Crippen molar-refractivity contribution < 1.29 is 62.4 Å². The van der Waals surface area contributed by atoms with Gasteiger partial charge in [-0.15, -0.1) is 0 Å². The van der Waals surface area contributed by atoms with Gasteiger partial charge in [-0.1, -0.05) is 44.2 Å². The zero-order valence-corrected chi connectivity index (χ0v) is 25.9. The van der Waals surface area contributed by atoms with Gasteiger partial charge in [-0.05, 0) is 56.9 Å². The lowest BCUT2D eigenvalue weighted by Gasteiger charge is -2.17. The minimum atomic E-state index is -0.866. The number of carboxylic acid groups (broad SMARTS) is 1. The van der Waals surface area contributed by atoms with Crippen molar-refractivity contribution in [3.8, 4) is 0 Å². The van der Waals surface area contributed by atoms with Crippen LogP contribution in [-0.4, -0.2) is 66.0 Å². The highest BCUT2D eigenvalue weighted by atomic mass is 16.6. The van der Waals surface area contributed by atoms with E-state index in [1.165, 1.54) is 13.8 Å². The molecular weight excluding hydrogens is 618 g/mol. The predicted octanol–water partition coefficient (Wildman–Crippen LogP) is 3.28. The average Bonchev–Trinajstić information content (AvgIpc) is 3.81. The molecule has 0 aromatic heterocycles. The van der Waals surface area contributed by atoms with E-state index in [0.717, 1.165) is 50.5 Å². The molecule has 4 fully saturated rings. The number of carbonyl (C=O) groups is 8. The van der Waals surface area contributed by atoms with E-state index in [2.05, 4.69) is 19.5 Å². The summed E-state index contributed by atoms with van der Waals surface area (Å²) in [5.41, 5.74) is 1.07. The van der Waals surface area contributed by atoms with E-state index in [9.17, 15) is 38.4 Å². The molecule has 6 atom stereocenters. The SMILES string of the molecule is C.CC(=O)OC(C)=O.O=C1OC(=O)C2CCCC12.O=COC1CCCC1C(=O)NCc1ccccc1.O=COC1CCCC1C(=O)O. The standard InChI is InChI=1S/C14H17NO3.C7H10O4.C7H8O3.C4H6O3.CH4/c16-10-18-13-8-4-7-12(13)14(17)15-9-11-5-2-1-3-6-11;8-4-11-6-3-1-2-5(6)7(9)10;8-6-4-2-1-3-5(4)7(9)10-6;1-3(5)7-4(2)6;/h1-3,5-6,10,12-13H,4,7-9H2,(H,15,17);4-6H,1-3H2,(H,9,10);4-5H,1-3H2;1-2H3;1H4. The Morgan fingerprint density at radius 2 is 1.26 bits per heavy atom. The van der Waals surface area contributed by atoms with Gasteiger partial charge in [-0.25, -0.2) is 0 Å². The third kappa shape index (κ3) is 13.7. The monoisotopic (exact) mass is 663 g/mol. The number of carboxylic acids is 1. The minimum Gasteiger partial charge on any atom is -0.481 e. The molecule has 1 aromatic carbocycles. The Bertz CT molecular complexity index is 1190. The molecule has 14 nitrogen and oxygen atoms in total. The number of esters is 4. The van der Waals surface area contributed by atoms with Crippen molar-refractivity contribution in [2.24, 2.45) is 23.7 Å². The van der Waals surface area contributed by atoms with Crippen LogP contribution in [0.15, 0.2) is 30.3 Å². The van der Waals surface area contributed by atoms with Crippen LogP contribution < -0.4 is 5.32 Å². The zero-order chi connectivity index (χ0) is 34.1. The Morgan fingerprint density at radius 1 is 0.787 bits per heavy atom. The summed E-state index contributed by atoms with van der Waals surface area (Å²) in [4.78, 5) is 84.0. The molecule has 260 valence electrons. The lowest BCUT2D eigenvalue weighted by atomic mass is 10.00. The van der Waals surface area contributed by atoms with Crippen LogP contribution in [0.5, 0.6) is 0 Å². The fraction of sp³-hybridized carbons (Fsp3) is 0.576. The van der Waals surface area contributed by atoms with Crippen molar-refractivity contribution >= 4 is 48.7 Å². The van der Waals surface area contributed by atoms with Gasteiger partial charge in [0.15, 0.2) is 0 Å². The van der Waals surface area contributed by atoms with Gasteiger partial charge in [0.1, 0.15) is 12.2 Å². The maximum atomic E-state index is 12.0. The highest BCUT2D eigenvalue weighted by Gasteiger charge is 2.46. The molecule has 0 spiro atoms. The van der Waals surface area contributed by atoms with Crippen molar-refractivity contribution in [2.45, 2.75) is 97.8 Å². The van der Waals surface area contributed by atoms with E-state index in [4.69, 9.17) is 9.84 Å². The van der Waals surface area contributed by atoms with Crippen molar-refractivity contribution in [1.82, 2.24) is 5.32 Å². The molecule has 1 heterocycles. The second-order valence-electron chi connectivity index (χ2n) is 11.1. The van der Waals surface area contributed by atoms with Crippen LogP contribution in [0.25, 0.3) is 0 Å². The van der Waals surface area contributed by atoms with Crippen LogP contribution in [-0.2, 0) is 63.8 Å². The Balaban J connectivity index is 0.000000331. The molecular formula is C33H45NO13. The number of ether oxygens (including phenoxy) is 4. The number of hydrogen-bond acceptors (Lipinski definition) is 12. The maximum Gasteiger partial charge on any atom is 0.317 e. The number of hydrogen-bond donors (Lipinski definition) is 2. The summed E-state index contributed by atoms with van der Waals surface area (Å²) in [6, 6.07) is 9.75. The summed E-state index contributed by atoms with van der Waals surface area (Å²) >= 11 is 0. The Kier molecular flexibility index (Phi) is 18.2. The van der Waals surface area contributed by atoms with E-state index in [1.54, 1.807) is 0 Å². The number of nitrogens with one attached hydrogen (secondary N) is 1. The first-order chi connectivity index (χ1) is 22.0. The van der Waals surface area contributed by atoms with Gasteiger partial charge in [-0.2, -0.15) is 0 Å². The second kappa shape index (κ2) is 21.2. The molecule has 4 aliphatic rings. The fourth-order valence-corrected chi connectivity index (χ4v) is 5.80. The van der Waals surface area contributed by atoms with Gasteiger partial charge >= 0.3 is 29.8 Å². The lowest BCUT2D eigenvalue weighted by molar-refractivity contribution is -0.157. The van der Waals surface area contributed by atoms with Crippen molar-refractivity contribution in [3.63, 3.8) is 0 Å². The number of amides is 1. The molecule has 0 bridgehead atoms. The summed E-state index contributed by atoms with van der Waals surface area (Å²) in [5, 5.41) is 11.5. The number of aliphatic carboxylic acids is 1. The number of cyclic esters (lactones) is 2. The first-order valence-electron chi connectivity index (χ1n) is 15.2. The van der Waals surface area contributed by atoms with Gasteiger partial charge in [0, 0.05) is 20.4 Å². The number of fused-ring (bicyclic) bond motifs is 1. The average molecular weight is 664 g/mol. The first-order valence-corrected chi connectivity index (χ1v) is 15.2. The van der Waals surface area contributed by atoms with Gasteiger partial charge in [0.05, 0.1) is 23.7 Å². The maximum absolute atomic E-state index is 12.0. The molecule has 3 aliphatic carbocycles. The first kappa shape index (κ1) is 40.4. The van der Waals surface area contributed by atoms with E-state index in [-0.39, 0.29) is 49.1 Å². The third-order valence-corrected chi connectivity index (χ3v) is 7.94. The predicted molar refractivity (Wildman–Crippen MR) is 164 cm³/mol. The quantitative estimate of drug-likeness (QED) is 0.177. The van der Waals surface area contributed by atoms with Gasteiger partial charge in [0.2, 0.25) is 5.91 Å². The molecule has 6 unspecified atom stereocenters. The molecule has 3 saturated carbocycles. The summed E-state index contributed by atoms with van der Waals surface area (Å²) in [7, 11) is 0. The van der Waals surface area contributed by atoms with Crippen molar-refractivity contribution in [1.29, 1.82) is 0 Å². The second-order valence-corrected chi connectivity index (χ2v) is 11.1. The van der Waals surface area contributed by atoms with E-state index in [0.29, 0.717) is 32.3 Å². The van der Waals surface area contributed by atoms with Gasteiger partial charge in [0.25, 0.3) is 12.9 Å². The smallest absolute Gasteiger partial charge is 0.317 e. The third-order valence-electron chi connectivity index (χ3n) is 7.94. The fourth-order valence-electron chi connectivity index (χ4n) is 5.80. The van der Waals surface area contributed by atoms with Gasteiger partial charge < -0.3 is 29.4 Å². The molecule has 1 saturated heterocycles. The Labute approximate surface area is 273 Å². The largest absolute Gasteiger partial charge is 0.481 e. The zero-order valence-electron chi connectivity index (χ0n) is 25.9. The Morgan fingerprint density at radius 3 is 1.70 bits per heavy atom. The van der Waals surface area contributed by atoms with E-state index in [1.807, 2.05) is 30.3 Å². The highest BCUT2D eigenvalue weighted by molar-refractivity contribution is 5.96. The summed E-state index contributed by atoms with van der Waals surface area (Å²) in [6.07, 6.45) is 6.66. The topological polar surface area (TPSA) is 206 Å². The van der Waals surface area contributed by atoms with Gasteiger partial charge in [-0.3, -0.25) is 38.4 Å². The molecule has 1 amide bonds. The van der Waals surface area contributed by atoms with E-state index < -0.39 is 29.9 Å². The summed E-state index contributed by atoms with van der Waals surface area (Å²) in [6.45, 7) is 3.65. The number of carbonyl (C=O) groups excluding carboxylic acids is 7. The summed E-state index contributed by atoms with van der Waals surface area (Å²) in [5.74, 6) is -3.48. The van der Waals surface area contributed by atoms with Crippen LogP contribution in [0.2, 0.25) is 0 Å². The molecule has 1 aliphatic heterocycles.